The van der Waals surface area contributed by atoms with Crippen LogP contribution >= 0.6 is 10.8 Å². The summed E-state index contributed by atoms with van der Waals surface area (Å²) < 4.78 is 52.7. The van der Waals surface area contributed by atoms with Gasteiger partial charge in [0, 0.05) is 25.6 Å². The van der Waals surface area contributed by atoms with E-state index >= 15 is 0 Å². The molecule has 4 heterocycles. The molecule has 3 saturated heterocycles. The van der Waals surface area contributed by atoms with E-state index in [1.807, 2.05) is 24.3 Å². The third kappa shape index (κ3) is 4.29. The van der Waals surface area contributed by atoms with Crippen molar-refractivity contribution in [3.05, 3.63) is 47.5 Å². The van der Waals surface area contributed by atoms with Gasteiger partial charge in [0.15, 0.2) is 6.79 Å². The van der Waals surface area contributed by atoms with E-state index in [-0.39, 0.29) is 23.1 Å². The molecule has 1 atom stereocenters. The van der Waals surface area contributed by atoms with Gasteiger partial charge < -0.3 is 10.2 Å². The van der Waals surface area contributed by atoms with Crippen molar-refractivity contribution >= 4 is 10.8 Å². The maximum absolute atomic E-state index is 14.0. The number of aromatic nitrogens is 4. The van der Waals surface area contributed by atoms with Crippen molar-refractivity contribution in [2.24, 2.45) is 11.1 Å². The highest BCUT2D eigenvalue weighted by atomic mass is 32.3. The van der Waals surface area contributed by atoms with Gasteiger partial charge in [0.05, 0.1) is 16.0 Å². The fourth-order valence-electron chi connectivity index (χ4n) is 5.20. The number of H-pyrrole nitrogens is 1. The molecular weight excluding hydrogens is 495 g/mol. The van der Waals surface area contributed by atoms with Crippen LogP contribution in [0.15, 0.2) is 41.3 Å². The number of hydrogen-bond acceptors (Lipinski definition) is 8. The van der Waals surface area contributed by atoms with E-state index in [2.05, 4.69) is 30.8 Å². The van der Waals surface area contributed by atoms with Crippen LogP contribution in [-0.2, 0) is 14.5 Å². The van der Waals surface area contributed by atoms with Gasteiger partial charge in [0.25, 0.3) is 0 Å². The molecule has 0 spiro atoms. The predicted octanol–water partition coefficient (Wildman–Crippen LogP) is 3.43. The van der Waals surface area contributed by atoms with Crippen LogP contribution in [0, 0.1) is 5.92 Å². The summed E-state index contributed by atoms with van der Waals surface area (Å²) in [6.07, 6.45) is -3.45. The van der Waals surface area contributed by atoms with Gasteiger partial charge in [-0.15, -0.1) is 21.0 Å². The predicted molar refractivity (Wildman–Crippen MR) is 127 cm³/mol. The van der Waals surface area contributed by atoms with Gasteiger partial charge in [-0.05, 0) is 53.4 Å². The molecule has 6 rings (SSSR count). The average molecular weight is 522 g/mol. The Morgan fingerprint density at radius 1 is 1.11 bits per heavy atom. The summed E-state index contributed by atoms with van der Waals surface area (Å²) in [6.45, 7) is 5.17. The second-order valence-corrected chi connectivity index (χ2v) is 11.4. The lowest BCUT2D eigenvalue weighted by Crippen LogP contribution is -2.47. The molecule has 4 N–H and O–H groups in total. The first-order valence-corrected chi connectivity index (χ1v) is 13.3. The van der Waals surface area contributed by atoms with Crippen molar-refractivity contribution < 1.29 is 21.5 Å². The highest BCUT2D eigenvalue weighted by Gasteiger charge is 2.44. The van der Waals surface area contributed by atoms with E-state index in [1.165, 1.54) is 18.1 Å². The number of likely N-dealkylation sites (tertiary alicyclic amines) is 1. The molecule has 192 valence electrons. The van der Waals surface area contributed by atoms with E-state index in [9.17, 15) is 13.2 Å². The van der Waals surface area contributed by atoms with Crippen LogP contribution < -0.4 is 10.5 Å². The minimum atomic E-state index is -4.68. The van der Waals surface area contributed by atoms with Gasteiger partial charge in [-0.2, -0.15) is 18.4 Å². The maximum Gasteiger partial charge on any atom is 0.418 e. The standard InChI is InChI=1S/C23H26F3N7O2S/c24-23(25,26)19-6-5-18(20(22-29-31-32-30-22)21(19)36(27)34-13-35-36)16-3-1-15(2-4-16)17-11-33(12-17)10-14-7-8-28-9-14/h1-6,14,17,28H,7-13,27H2,(H,29,30,31,32). The fourth-order valence-corrected chi connectivity index (χ4v) is 6.72. The number of tetrazole rings is 1. The largest absolute Gasteiger partial charge is 0.418 e. The van der Waals surface area contributed by atoms with Crippen LogP contribution in [0.4, 0.5) is 13.2 Å². The van der Waals surface area contributed by atoms with Crippen LogP contribution in [-0.4, -0.2) is 65.0 Å². The summed E-state index contributed by atoms with van der Waals surface area (Å²) in [5, 5.41) is 23.4. The normalized spacial score (nSPS) is 23.3. The molecule has 36 heavy (non-hydrogen) atoms. The Labute approximate surface area is 207 Å². The number of hydrogen-bond donors (Lipinski definition) is 3. The second kappa shape index (κ2) is 9.08. The van der Waals surface area contributed by atoms with Crippen molar-refractivity contribution in [2.75, 3.05) is 39.5 Å². The molecule has 0 aliphatic carbocycles. The molecule has 3 aromatic rings. The Morgan fingerprint density at radius 2 is 1.89 bits per heavy atom. The van der Waals surface area contributed by atoms with Crippen molar-refractivity contribution in [2.45, 2.75) is 23.4 Å². The summed E-state index contributed by atoms with van der Waals surface area (Å²) in [6, 6.07) is 10.3. The number of rotatable bonds is 6. The molecule has 0 radical (unpaired) electrons. The van der Waals surface area contributed by atoms with E-state index in [0.717, 1.165) is 44.7 Å². The summed E-state index contributed by atoms with van der Waals surface area (Å²) in [5.41, 5.74) is 1.57. The summed E-state index contributed by atoms with van der Waals surface area (Å²) in [4.78, 5) is 2.19. The van der Waals surface area contributed by atoms with Crippen molar-refractivity contribution in [1.29, 1.82) is 0 Å². The Hall–Kier alpha value is -2.55. The quantitative estimate of drug-likeness (QED) is 0.452. The molecule has 0 bridgehead atoms. The van der Waals surface area contributed by atoms with Crippen LogP contribution in [0.25, 0.3) is 22.5 Å². The molecule has 1 unspecified atom stereocenters. The van der Waals surface area contributed by atoms with Gasteiger partial charge >= 0.3 is 6.18 Å². The first-order valence-electron chi connectivity index (χ1n) is 11.7. The zero-order valence-electron chi connectivity index (χ0n) is 19.3. The Kier molecular flexibility index (Phi) is 6.01. The van der Waals surface area contributed by atoms with E-state index in [0.29, 0.717) is 17.0 Å². The summed E-state index contributed by atoms with van der Waals surface area (Å²) in [5.74, 6) is 1.16. The Bertz CT molecular complexity index is 1220. The lowest BCUT2D eigenvalue weighted by atomic mass is 9.88. The topological polar surface area (TPSA) is 114 Å². The number of nitrogens with two attached hydrogens (primary N) is 1. The summed E-state index contributed by atoms with van der Waals surface area (Å²) in [7, 11) is -3.10. The molecule has 3 aliphatic rings. The minimum absolute atomic E-state index is 0.0114. The zero-order valence-corrected chi connectivity index (χ0v) is 20.1. The Balaban J connectivity index is 1.32. The van der Waals surface area contributed by atoms with Crippen LogP contribution in [0.3, 0.4) is 0 Å². The van der Waals surface area contributed by atoms with Gasteiger partial charge in [0.2, 0.25) is 5.82 Å². The van der Waals surface area contributed by atoms with E-state index in [1.54, 1.807) is 0 Å². The summed E-state index contributed by atoms with van der Waals surface area (Å²) >= 11 is 0. The monoisotopic (exact) mass is 521 g/mol. The molecule has 0 saturated carbocycles. The number of halogens is 3. The molecule has 3 fully saturated rings. The number of alkyl halides is 3. The van der Waals surface area contributed by atoms with Crippen LogP contribution in [0.2, 0.25) is 0 Å². The molecule has 2 aromatic carbocycles. The average Bonchev–Trinajstić information content (AvgIpc) is 3.53. The van der Waals surface area contributed by atoms with E-state index < -0.39 is 22.5 Å². The lowest BCUT2D eigenvalue weighted by molar-refractivity contribution is -0.140. The van der Waals surface area contributed by atoms with Gasteiger partial charge in [-0.3, -0.25) is 0 Å². The molecule has 3 aliphatic heterocycles. The second-order valence-electron chi connectivity index (χ2n) is 9.39. The number of aromatic amines is 1. The van der Waals surface area contributed by atoms with Gasteiger partial charge in [-0.25, -0.2) is 13.5 Å². The third-order valence-corrected chi connectivity index (χ3v) is 8.98. The first kappa shape index (κ1) is 23.8. The first-order chi connectivity index (χ1) is 17.3. The minimum Gasteiger partial charge on any atom is -0.316 e. The molecule has 0 amide bonds. The maximum atomic E-state index is 14.0. The number of benzene rings is 2. The molecule has 9 nitrogen and oxygen atoms in total. The third-order valence-electron chi connectivity index (χ3n) is 7.09. The van der Waals surface area contributed by atoms with Crippen molar-refractivity contribution in [1.82, 2.24) is 30.8 Å². The van der Waals surface area contributed by atoms with Crippen molar-refractivity contribution in [3.63, 3.8) is 0 Å². The van der Waals surface area contributed by atoms with Gasteiger partial charge in [-0.1, -0.05) is 30.3 Å². The fraction of sp³-hybridized carbons (Fsp3) is 0.435. The van der Waals surface area contributed by atoms with Gasteiger partial charge in [0.1, 0.15) is 0 Å². The number of nitrogens with one attached hydrogen (secondary N) is 2. The Morgan fingerprint density at radius 3 is 2.47 bits per heavy atom. The van der Waals surface area contributed by atoms with Crippen molar-refractivity contribution in [3.8, 4) is 22.5 Å². The molecule has 1 aromatic heterocycles. The van der Waals surface area contributed by atoms with E-state index in [4.69, 9.17) is 13.5 Å². The highest BCUT2D eigenvalue weighted by molar-refractivity contribution is 8.24. The zero-order chi connectivity index (χ0) is 24.9. The van der Waals surface area contributed by atoms with Crippen LogP contribution in [0.5, 0.6) is 0 Å². The smallest absolute Gasteiger partial charge is 0.316 e. The number of nitrogens with zero attached hydrogens (tertiary/aromatic N) is 4. The highest BCUT2D eigenvalue weighted by Crippen LogP contribution is 2.64. The SMILES string of the molecule is NS1(c2c(C(F)(F)F)ccc(-c3ccc(C4CN(CC5CCNC5)C4)cc3)c2-c2nn[nH]n2)OCO1. The molecular formula is C23H26F3N7O2S. The molecule has 13 heteroatoms. The lowest BCUT2D eigenvalue weighted by Gasteiger charge is -2.47. The van der Waals surface area contributed by atoms with Crippen LogP contribution in [0.1, 0.15) is 23.5 Å².